The normalized spacial score (nSPS) is 28.1. The average molecular weight is 504 g/mol. The topological polar surface area (TPSA) is 79.4 Å². The third kappa shape index (κ3) is 4.71. The van der Waals surface area contributed by atoms with Gasteiger partial charge in [-0.1, -0.05) is 31.2 Å². The van der Waals surface area contributed by atoms with E-state index in [2.05, 4.69) is 41.5 Å². The van der Waals surface area contributed by atoms with Crippen molar-refractivity contribution >= 4 is 23.4 Å². The van der Waals surface area contributed by atoms with Gasteiger partial charge in [-0.25, -0.2) is 4.98 Å². The first-order chi connectivity index (χ1) is 17.8. The standard InChI is InChI=1S/C31H39N3O3.H2/c1-4-31-17-16-24-23-10-6-5-8-20(23)12-14-25(24)29(31)21(18-26(31)35)9-7-11-28(36)33-27-15-13-22(19-32-27)30(37)34(2)3;/h5-6,8,10,13,15,19,21,24-25,29H,4,7,9,11-12,14,16-18H2,1-3H3,(H,32,33,36);1H/t21-,24?,25?,29?,31-;/m1./s1. The Morgan fingerprint density at radius 2 is 1.97 bits per heavy atom. The van der Waals surface area contributed by atoms with Crippen LogP contribution in [0, 0.1) is 23.2 Å². The van der Waals surface area contributed by atoms with Crippen LogP contribution < -0.4 is 5.32 Å². The first-order valence-electron chi connectivity index (χ1n) is 13.9. The monoisotopic (exact) mass is 503 g/mol. The minimum atomic E-state index is -0.157. The first kappa shape index (κ1) is 25.6. The van der Waals surface area contributed by atoms with Crippen LogP contribution in [0.3, 0.4) is 0 Å². The molecule has 3 aliphatic carbocycles. The zero-order valence-corrected chi connectivity index (χ0v) is 22.3. The summed E-state index contributed by atoms with van der Waals surface area (Å²) in [6.45, 7) is 2.21. The van der Waals surface area contributed by atoms with E-state index < -0.39 is 0 Å². The highest BCUT2D eigenvalue weighted by Gasteiger charge is 2.59. The third-order valence-corrected chi connectivity index (χ3v) is 9.52. The van der Waals surface area contributed by atoms with Crippen molar-refractivity contribution < 1.29 is 15.8 Å². The van der Waals surface area contributed by atoms with Gasteiger partial charge in [-0.05, 0) is 91.9 Å². The molecule has 0 spiro atoms. The molecule has 198 valence electrons. The van der Waals surface area contributed by atoms with E-state index in [0.717, 1.165) is 38.5 Å². The molecule has 5 rings (SSSR count). The number of aryl methyl sites for hydroxylation is 1. The number of benzene rings is 1. The second kappa shape index (κ2) is 10.4. The minimum absolute atomic E-state index is 0. The summed E-state index contributed by atoms with van der Waals surface area (Å²) in [5, 5.41) is 2.86. The van der Waals surface area contributed by atoms with Crippen molar-refractivity contribution in [3.8, 4) is 0 Å². The summed E-state index contributed by atoms with van der Waals surface area (Å²) in [5.41, 5.74) is 3.35. The molecule has 5 atom stereocenters. The molecule has 0 aliphatic heterocycles. The molecule has 3 aliphatic rings. The van der Waals surface area contributed by atoms with Gasteiger partial charge in [-0.3, -0.25) is 14.4 Å². The molecule has 37 heavy (non-hydrogen) atoms. The summed E-state index contributed by atoms with van der Waals surface area (Å²) in [5.74, 6) is 2.68. The quantitative estimate of drug-likeness (QED) is 0.512. The third-order valence-electron chi connectivity index (χ3n) is 9.52. The van der Waals surface area contributed by atoms with E-state index in [1.165, 1.54) is 28.6 Å². The average Bonchev–Trinajstić information content (AvgIpc) is 3.20. The Morgan fingerprint density at radius 1 is 1.16 bits per heavy atom. The number of nitrogens with zero attached hydrogens (tertiary/aromatic N) is 2. The number of amides is 2. The predicted octanol–water partition coefficient (Wildman–Crippen LogP) is 5.88. The fourth-order valence-electron chi connectivity index (χ4n) is 7.83. The lowest BCUT2D eigenvalue weighted by molar-refractivity contribution is -0.131. The predicted molar refractivity (Wildman–Crippen MR) is 146 cm³/mol. The van der Waals surface area contributed by atoms with Crippen LogP contribution in [0.1, 0.15) is 87.1 Å². The number of fused-ring (bicyclic) bond motifs is 5. The number of carbonyl (C=O) groups is 3. The van der Waals surface area contributed by atoms with Gasteiger partial charge in [0.05, 0.1) is 5.56 Å². The fraction of sp³-hybridized carbons (Fsp3) is 0.548. The zero-order chi connectivity index (χ0) is 26.2. The molecule has 0 radical (unpaired) electrons. The maximum atomic E-state index is 13.4. The molecule has 1 aromatic heterocycles. The molecule has 1 N–H and O–H groups in total. The van der Waals surface area contributed by atoms with Crippen molar-refractivity contribution in [3.63, 3.8) is 0 Å². The molecule has 6 nitrogen and oxygen atoms in total. The lowest BCUT2D eigenvalue weighted by Gasteiger charge is -2.51. The van der Waals surface area contributed by atoms with E-state index in [0.29, 0.717) is 53.7 Å². The number of nitrogens with one attached hydrogen (secondary N) is 1. The summed E-state index contributed by atoms with van der Waals surface area (Å²) in [4.78, 5) is 43.8. The number of ketones is 1. The molecule has 0 saturated heterocycles. The van der Waals surface area contributed by atoms with Crippen molar-refractivity contribution in [2.75, 3.05) is 19.4 Å². The molecular formula is C31H41N3O3. The highest BCUT2D eigenvalue weighted by molar-refractivity contribution is 5.94. The van der Waals surface area contributed by atoms with Crippen molar-refractivity contribution in [3.05, 3.63) is 59.3 Å². The van der Waals surface area contributed by atoms with Crippen LogP contribution in [0.25, 0.3) is 0 Å². The molecule has 2 aromatic rings. The van der Waals surface area contributed by atoms with Crippen LogP contribution in [-0.4, -0.2) is 41.6 Å². The van der Waals surface area contributed by atoms with Gasteiger partial charge in [0.1, 0.15) is 11.6 Å². The molecule has 6 heteroatoms. The maximum absolute atomic E-state index is 13.4. The summed E-state index contributed by atoms with van der Waals surface area (Å²) in [6, 6.07) is 12.3. The maximum Gasteiger partial charge on any atom is 0.254 e. The van der Waals surface area contributed by atoms with Crippen molar-refractivity contribution in [2.24, 2.45) is 23.2 Å². The number of hydrogen-bond donors (Lipinski definition) is 1. The Kier molecular flexibility index (Phi) is 7.19. The minimum Gasteiger partial charge on any atom is -0.345 e. The van der Waals surface area contributed by atoms with Crippen LogP contribution in [0.5, 0.6) is 0 Å². The Labute approximate surface area is 221 Å². The van der Waals surface area contributed by atoms with Gasteiger partial charge in [0.25, 0.3) is 5.91 Å². The van der Waals surface area contributed by atoms with Crippen molar-refractivity contribution in [1.29, 1.82) is 0 Å². The highest BCUT2D eigenvalue weighted by Crippen LogP contribution is 2.63. The smallest absolute Gasteiger partial charge is 0.254 e. The summed E-state index contributed by atoms with van der Waals surface area (Å²) < 4.78 is 0. The molecule has 2 amide bonds. The van der Waals surface area contributed by atoms with Gasteiger partial charge in [-0.2, -0.15) is 0 Å². The van der Waals surface area contributed by atoms with Gasteiger partial charge in [0, 0.05) is 40.0 Å². The van der Waals surface area contributed by atoms with E-state index in [1.807, 2.05) is 0 Å². The number of hydrogen-bond acceptors (Lipinski definition) is 4. The van der Waals surface area contributed by atoms with Crippen LogP contribution in [-0.2, 0) is 16.0 Å². The van der Waals surface area contributed by atoms with Crippen LogP contribution in [0.4, 0.5) is 5.82 Å². The Morgan fingerprint density at radius 3 is 2.70 bits per heavy atom. The van der Waals surface area contributed by atoms with Gasteiger partial charge in [0.15, 0.2) is 0 Å². The van der Waals surface area contributed by atoms with Crippen molar-refractivity contribution in [1.82, 2.24) is 9.88 Å². The van der Waals surface area contributed by atoms with Crippen molar-refractivity contribution in [2.45, 2.75) is 70.6 Å². The second-order valence-corrected chi connectivity index (χ2v) is 11.5. The van der Waals surface area contributed by atoms with E-state index >= 15 is 0 Å². The Hall–Kier alpha value is -3.02. The molecule has 2 fully saturated rings. The highest BCUT2D eigenvalue weighted by atomic mass is 16.2. The first-order valence-corrected chi connectivity index (χ1v) is 13.9. The van der Waals surface area contributed by atoms with Crippen LogP contribution >= 0.6 is 0 Å². The number of rotatable bonds is 7. The number of pyridine rings is 1. The number of Topliss-reactive ketones (excluding diaryl/α,β-unsaturated/α-hetero) is 1. The van der Waals surface area contributed by atoms with E-state index in [-0.39, 0.29) is 18.7 Å². The summed E-state index contributed by atoms with van der Waals surface area (Å²) >= 11 is 0. The van der Waals surface area contributed by atoms with Gasteiger partial charge in [0.2, 0.25) is 5.91 Å². The molecular weight excluding hydrogens is 462 g/mol. The van der Waals surface area contributed by atoms with Gasteiger partial charge < -0.3 is 10.2 Å². The van der Waals surface area contributed by atoms with Gasteiger partial charge in [-0.15, -0.1) is 0 Å². The lowest BCUT2D eigenvalue weighted by Crippen LogP contribution is -2.45. The van der Waals surface area contributed by atoms with Gasteiger partial charge >= 0.3 is 0 Å². The Balaban J connectivity index is 0.00000336. The molecule has 3 unspecified atom stereocenters. The SMILES string of the molecule is CC[C@]12CCC3c4ccccc4CCC3C1[C@H](CCCC(=O)Nc1ccc(C(=O)N(C)C)cn1)CC2=O.[HH]. The lowest BCUT2D eigenvalue weighted by atomic mass is 9.52. The number of carbonyl (C=O) groups excluding carboxylic acids is 3. The fourth-order valence-corrected chi connectivity index (χ4v) is 7.83. The molecule has 1 heterocycles. The molecule has 0 bridgehead atoms. The summed E-state index contributed by atoms with van der Waals surface area (Å²) in [7, 11) is 3.39. The molecule has 1 aromatic carbocycles. The van der Waals surface area contributed by atoms with E-state index in [9.17, 15) is 14.4 Å². The number of anilines is 1. The molecule has 2 saturated carbocycles. The summed E-state index contributed by atoms with van der Waals surface area (Å²) in [6.07, 6.45) is 9.63. The Bertz CT molecular complexity index is 1180. The van der Waals surface area contributed by atoms with E-state index in [1.54, 1.807) is 26.2 Å². The zero-order valence-electron chi connectivity index (χ0n) is 22.3. The van der Waals surface area contributed by atoms with E-state index in [4.69, 9.17) is 0 Å². The second-order valence-electron chi connectivity index (χ2n) is 11.5. The number of aromatic nitrogens is 1. The van der Waals surface area contributed by atoms with Crippen LogP contribution in [0.15, 0.2) is 42.6 Å². The van der Waals surface area contributed by atoms with Crippen LogP contribution in [0.2, 0.25) is 0 Å². The largest absolute Gasteiger partial charge is 0.345 e.